The Morgan fingerprint density at radius 1 is 1.39 bits per heavy atom. The Morgan fingerprint density at radius 3 is 2.67 bits per heavy atom. The highest BCUT2D eigenvalue weighted by Crippen LogP contribution is 2.19. The van der Waals surface area contributed by atoms with E-state index in [1.807, 2.05) is 24.3 Å². The van der Waals surface area contributed by atoms with Gasteiger partial charge in [-0.15, -0.1) is 0 Å². The van der Waals surface area contributed by atoms with Crippen molar-refractivity contribution < 1.29 is 19.2 Å². The molecule has 94 valence electrons. The van der Waals surface area contributed by atoms with Gasteiger partial charge in [-0.25, -0.2) is 4.79 Å². The maximum absolute atomic E-state index is 10.7. The molecule has 1 aromatic carbocycles. The molecule has 5 nitrogen and oxygen atoms in total. The zero-order valence-electron chi connectivity index (χ0n) is 9.92. The van der Waals surface area contributed by atoms with Gasteiger partial charge in [-0.05, 0) is 12.0 Å². The molecule has 2 rings (SSSR count). The zero-order valence-corrected chi connectivity index (χ0v) is 9.92. The summed E-state index contributed by atoms with van der Waals surface area (Å²) >= 11 is 0. The van der Waals surface area contributed by atoms with Crippen LogP contribution in [0.15, 0.2) is 34.9 Å². The van der Waals surface area contributed by atoms with Gasteiger partial charge in [0.05, 0.1) is 6.61 Å². The molecule has 0 radical (unpaired) electrons. The number of aromatic nitrogens is 1. The van der Waals surface area contributed by atoms with Crippen LogP contribution in [0, 0.1) is 0 Å². The highest BCUT2D eigenvalue weighted by Gasteiger charge is 2.11. The number of carbonyl (C=O) groups is 1. The van der Waals surface area contributed by atoms with Crippen LogP contribution in [0.1, 0.15) is 16.1 Å². The first-order chi connectivity index (χ1) is 8.70. The SMILES string of the molecule is COCCc1ccc(-c2cc(C(=O)O)on2)cc1. The normalized spacial score (nSPS) is 10.5. The molecule has 0 saturated carbocycles. The third kappa shape index (κ3) is 2.75. The third-order valence-corrected chi connectivity index (χ3v) is 2.57. The lowest BCUT2D eigenvalue weighted by atomic mass is 10.1. The van der Waals surface area contributed by atoms with Crippen LogP contribution in [0.25, 0.3) is 11.3 Å². The summed E-state index contributed by atoms with van der Waals surface area (Å²) in [5.74, 6) is -1.28. The zero-order chi connectivity index (χ0) is 13.0. The lowest BCUT2D eigenvalue weighted by molar-refractivity contribution is 0.0652. The maximum atomic E-state index is 10.7. The van der Waals surface area contributed by atoms with E-state index in [-0.39, 0.29) is 5.76 Å². The number of aromatic carboxylic acids is 1. The fourth-order valence-electron chi connectivity index (χ4n) is 1.57. The molecule has 2 aromatic rings. The van der Waals surface area contributed by atoms with Crippen molar-refractivity contribution in [2.75, 3.05) is 13.7 Å². The Balaban J connectivity index is 2.15. The largest absolute Gasteiger partial charge is 0.475 e. The fraction of sp³-hybridized carbons (Fsp3) is 0.231. The molecule has 0 unspecified atom stereocenters. The Morgan fingerprint density at radius 2 is 2.11 bits per heavy atom. The van der Waals surface area contributed by atoms with Gasteiger partial charge in [0.25, 0.3) is 0 Å². The first kappa shape index (κ1) is 12.3. The second-order valence-electron chi connectivity index (χ2n) is 3.82. The first-order valence-electron chi connectivity index (χ1n) is 5.49. The summed E-state index contributed by atoms with van der Waals surface area (Å²) in [5.41, 5.74) is 2.50. The number of benzene rings is 1. The molecule has 5 heteroatoms. The van der Waals surface area contributed by atoms with Crippen LogP contribution in [-0.4, -0.2) is 29.9 Å². The summed E-state index contributed by atoms with van der Waals surface area (Å²) < 4.78 is 9.70. The number of carboxylic acid groups (broad SMARTS) is 1. The number of rotatable bonds is 5. The van der Waals surface area contributed by atoms with Crippen molar-refractivity contribution in [2.24, 2.45) is 0 Å². The second-order valence-corrected chi connectivity index (χ2v) is 3.82. The Kier molecular flexibility index (Phi) is 3.74. The molecule has 1 heterocycles. The van der Waals surface area contributed by atoms with Crippen molar-refractivity contribution in [1.29, 1.82) is 0 Å². The van der Waals surface area contributed by atoms with Gasteiger partial charge in [-0.3, -0.25) is 0 Å². The van der Waals surface area contributed by atoms with Gasteiger partial charge >= 0.3 is 5.97 Å². The lowest BCUT2D eigenvalue weighted by Gasteiger charge is -2.01. The van der Waals surface area contributed by atoms with Gasteiger partial charge in [-0.2, -0.15) is 0 Å². The van der Waals surface area contributed by atoms with E-state index >= 15 is 0 Å². The van der Waals surface area contributed by atoms with E-state index in [1.165, 1.54) is 6.07 Å². The quantitative estimate of drug-likeness (QED) is 0.877. The van der Waals surface area contributed by atoms with Crippen LogP contribution in [0.5, 0.6) is 0 Å². The molecule has 0 fully saturated rings. The summed E-state index contributed by atoms with van der Waals surface area (Å²) in [7, 11) is 1.66. The molecule has 0 aliphatic carbocycles. The molecule has 0 bridgehead atoms. The molecule has 0 atom stereocenters. The van der Waals surface area contributed by atoms with Gasteiger partial charge in [-0.1, -0.05) is 29.4 Å². The predicted molar refractivity (Wildman–Crippen MR) is 64.5 cm³/mol. The molecule has 0 saturated heterocycles. The minimum absolute atomic E-state index is 0.159. The van der Waals surface area contributed by atoms with E-state index in [4.69, 9.17) is 14.4 Å². The highest BCUT2D eigenvalue weighted by molar-refractivity contribution is 5.85. The van der Waals surface area contributed by atoms with Crippen molar-refractivity contribution in [2.45, 2.75) is 6.42 Å². The van der Waals surface area contributed by atoms with Gasteiger partial charge in [0.2, 0.25) is 5.76 Å². The van der Waals surface area contributed by atoms with Gasteiger partial charge in [0, 0.05) is 18.7 Å². The number of ether oxygens (including phenoxy) is 1. The van der Waals surface area contributed by atoms with Crippen molar-refractivity contribution in [1.82, 2.24) is 5.16 Å². The van der Waals surface area contributed by atoms with Crippen LogP contribution in [0.4, 0.5) is 0 Å². The van der Waals surface area contributed by atoms with E-state index in [2.05, 4.69) is 5.16 Å². The van der Waals surface area contributed by atoms with Crippen LogP contribution in [0.3, 0.4) is 0 Å². The average molecular weight is 247 g/mol. The van der Waals surface area contributed by atoms with Crippen LogP contribution >= 0.6 is 0 Å². The summed E-state index contributed by atoms with van der Waals surface area (Å²) in [4.78, 5) is 10.7. The Hall–Kier alpha value is -2.14. The lowest BCUT2D eigenvalue weighted by Crippen LogP contribution is -1.93. The third-order valence-electron chi connectivity index (χ3n) is 2.57. The standard InChI is InChI=1S/C13H13NO4/c1-17-7-6-9-2-4-10(5-3-9)11-8-12(13(15)16)18-14-11/h2-5,8H,6-7H2,1H3,(H,15,16). The van der Waals surface area contributed by atoms with Gasteiger partial charge in [0.1, 0.15) is 5.69 Å². The van der Waals surface area contributed by atoms with Crippen LogP contribution in [0.2, 0.25) is 0 Å². The topological polar surface area (TPSA) is 72.6 Å². The van der Waals surface area contributed by atoms with Crippen molar-refractivity contribution in [3.05, 3.63) is 41.7 Å². The number of methoxy groups -OCH3 is 1. The monoisotopic (exact) mass is 247 g/mol. The molecular formula is C13H13NO4. The summed E-state index contributed by atoms with van der Waals surface area (Å²) in [5, 5.41) is 12.5. The van der Waals surface area contributed by atoms with E-state index in [9.17, 15) is 4.79 Å². The molecule has 18 heavy (non-hydrogen) atoms. The van der Waals surface area contributed by atoms with Crippen LogP contribution < -0.4 is 0 Å². The van der Waals surface area contributed by atoms with Crippen LogP contribution in [-0.2, 0) is 11.2 Å². The average Bonchev–Trinajstić information content (AvgIpc) is 2.87. The molecule has 0 aliphatic rings. The molecule has 0 spiro atoms. The molecule has 0 aliphatic heterocycles. The fourth-order valence-corrected chi connectivity index (χ4v) is 1.57. The van der Waals surface area contributed by atoms with Crippen molar-refractivity contribution in [3.8, 4) is 11.3 Å². The molecule has 1 N–H and O–H groups in total. The summed E-state index contributed by atoms with van der Waals surface area (Å²) in [6.07, 6.45) is 0.843. The minimum Gasteiger partial charge on any atom is -0.475 e. The smallest absolute Gasteiger partial charge is 0.374 e. The number of hydrogen-bond donors (Lipinski definition) is 1. The summed E-state index contributed by atoms with van der Waals surface area (Å²) in [6.45, 7) is 0.673. The van der Waals surface area contributed by atoms with Crippen molar-refractivity contribution >= 4 is 5.97 Å². The van der Waals surface area contributed by atoms with Gasteiger partial charge < -0.3 is 14.4 Å². The van der Waals surface area contributed by atoms with E-state index in [0.29, 0.717) is 12.3 Å². The van der Waals surface area contributed by atoms with E-state index < -0.39 is 5.97 Å². The Bertz CT molecular complexity index is 530. The van der Waals surface area contributed by atoms with E-state index in [0.717, 1.165) is 17.5 Å². The number of hydrogen-bond acceptors (Lipinski definition) is 4. The van der Waals surface area contributed by atoms with Crippen molar-refractivity contribution in [3.63, 3.8) is 0 Å². The number of nitrogens with zero attached hydrogens (tertiary/aromatic N) is 1. The minimum atomic E-state index is -1.12. The molecular weight excluding hydrogens is 234 g/mol. The molecule has 1 aromatic heterocycles. The number of carboxylic acids is 1. The first-order valence-corrected chi connectivity index (χ1v) is 5.49. The maximum Gasteiger partial charge on any atom is 0.374 e. The summed E-state index contributed by atoms with van der Waals surface area (Å²) in [6, 6.07) is 9.10. The van der Waals surface area contributed by atoms with E-state index in [1.54, 1.807) is 7.11 Å². The second kappa shape index (κ2) is 5.46. The highest BCUT2D eigenvalue weighted by atomic mass is 16.5. The Labute approximate surface area is 104 Å². The van der Waals surface area contributed by atoms with Gasteiger partial charge in [0.15, 0.2) is 0 Å². The molecule has 0 amide bonds. The predicted octanol–water partition coefficient (Wildman–Crippen LogP) is 2.23.